The minimum Gasteiger partial charge on any atom is -0.444 e. The largest absolute Gasteiger partial charge is 0.444 e. The van der Waals surface area contributed by atoms with E-state index < -0.39 is 5.41 Å². The summed E-state index contributed by atoms with van der Waals surface area (Å²) >= 11 is 0. The Morgan fingerprint density at radius 2 is 2.28 bits per heavy atom. The van der Waals surface area contributed by atoms with E-state index in [2.05, 4.69) is 10.3 Å². The summed E-state index contributed by atoms with van der Waals surface area (Å²) in [5, 5.41) is 2.84. The van der Waals surface area contributed by atoms with Crippen LogP contribution in [0.15, 0.2) is 10.6 Å². The molecule has 1 aromatic heterocycles. The molecular formula is C12H19N3O3. The quantitative estimate of drug-likeness (QED) is 0.808. The van der Waals surface area contributed by atoms with Gasteiger partial charge in [0.05, 0.1) is 18.2 Å². The van der Waals surface area contributed by atoms with Gasteiger partial charge in [-0.15, -0.1) is 0 Å². The van der Waals surface area contributed by atoms with Gasteiger partial charge in [-0.25, -0.2) is 4.98 Å². The highest BCUT2D eigenvalue weighted by molar-refractivity contribution is 5.82. The second kappa shape index (κ2) is 5.49. The van der Waals surface area contributed by atoms with Crippen molar-refractivity contribution >= 4 is 5.91 Å². The van der Waals surface area contributed by atoms with Crippen molar-refractivity contribution in [2.24, 2.45) is 11.1 Å². The van der Waals surface area contributed by atoms with Crippen molar-refractivity contribution in [1.82, 2.24) is 10.3 Å². The Hall–Kier alpha value is -1.40. The molecular weight excluding hydrogens is 234 g/mol. The van der Waals surface area contributed by atoms with Crippen molar-refractivity contribution in [2.45, 2.75) is 26.3 Å². The molecule has 1 fully saturated rings. The number of nitrogens with one attached hydrogen (secondary N) is 1. The molecule has 1 amide bonds. The van der Waals surface area contributed by atoms with Crippen molar-refractivity contribution in [1.29, 1.82) is 0 Å². The summed E-state index contributed by atoms with van der Waals surface area (Å²) in [6.07, 6.45) is 2.97. The number of hydrogen-bond donors (Lipinski definition) is 2. The molecule has 0 aromatic carbocycles. The van der Waals surface area contributed by atoms with Gasteiger partial charge in [0.25, 0.3) is 0 Å². The van der Waals surface area contributed by atoms with Gasteiger partial charge >= 0.3 is 0 Å². The van der Waals surface area contributed by atoms with Gasteiger partial charge in [-0.2, -0.15) is 0 Å². The molecule has 6 heteroatoms. The van der Waals surface area contributed by atoms with E-state index in [9.17, 15) is 4.79 Å². The molecule has 3 N–H and O–H groups in total. The zero-order valence-corrected chi connectivity index (χ0v) is 10.6. The van der Waals surface area contributed by atoms with Gasteiger partial charge in [-0.05, 0) is 19.8 Å². The van der Waals surface area contributed by atoms with Crippen molar-refractivity contribution in [2.75, 3.05) is 19.8 Å². The normalized spacial score (nSPS) is 18.6. The molecule has 0 spiro atoms. The third kappa shape index (κ3) is 2.70. The predicted molar refractivity (Wildman–Crippen MR) is 64.6 cm³/mol. The second-order valence-corrected chi connectivity index (χ2v) is 4.64. The maximum Gasteiger partial charge on any atom is 0.228 e. The summed E-state index contributed by atoms with van der Waals surface area (Å²) in [6.45, 7) is 3.63. The summed E-state index contributed by atoms with van der Waals surface area (Å²) in [7, 11) is 0. The number of aryl methyl sites for hydroxylation is 1. The van der Waals surface area contributed by atoms with Crippen LogP contribution in [-0.2, 0) is 16.1 Å². The van der Waals surface area contributed by atoms with Gasteiger partial charge in [0.1, 0.15) is 5.76 Å². The summed E-state index contributed by atoms with van der Waals surface area (Å²) in [6, 6.07) is 0. The van der Waals surface area contributed by atoms with E-state index >= 15 is 0 Å². The van der Waals surface area contributed by atoms with Crippen LogP contribution in [0, 0.1) is 12.3 Å². The second-order valence-electron chi connectivity index (χ2n) is 4.64. The maximum absolute atomic E-state index is 12.2. The summed E-state index contributed by atoms with van der Waals surface area (Å²) in [4.78, 5) is 16.3. The summed E-state index contributed by atoms with van der Waals surface area (Å²) in [5.41, 5.74) is 5.26. The standard InChI is InChI=1S/C12H19N3O3/c1-9-6-14-10(18-9)7-15-11(16)12(8-13)2-4-17-5-3-12/h6H,2-5,7-8,13H2,1H3,(H,15,16). The van der Waals surface area contributed by atoms with Crippen LogP contribution in [0.4, 0.5) is 0 Å². The number of carbonyl (C=O) groups excluding carboxylic acids is 1. The zero-order chi connectivity index (χ0) is 13.0. The smallest absolute Gasteiger partial charge is 0.228 e. The number of ether oxygens (including phenoxy) is 1. The van der Waals surface area contributed by atoms with Crippen molar-refractivity contribution in [3.63, 3.8) is 0 Å². The first-order valence-electron chi connectivity index (χ1n) is 6.14. The number of nitrogens with two attached hydrogens (primary N) is 1. The van der Waals surface area contributed by atoms with E-state index in [0.717, 1.165) is 5.76 Å². The van der Waals surface area contributed by atoms with Crippen LogP contribution in [0.3, 0.4) is 0 Å². The van der Waals surface area contributed by atoms with E-state index in [1.807, 2.05) is 6.92 Å². The fourth-order valence-electron chi connectivity index (χ4n) is 2.11. The average Bonchev–Trinajstić information content (AvgIpc) is 2.82. The molecule has 18 heavy (non-hydrogen) atoms. The first kappa shape index (κ1) is 13.0. The number of carbonyl (C=O) groups is 1. The molecule has 1 aliphatic rings. The predicted octanol–water partition coefficient (Wildman–Crippen LogP) is 0.355. The monoisotopic (exact) mass is 253 g/mol. The van der Waals surface area contributed by atoms with Crippen LogP contribution in [-0.4, -0.2) is 30.6 Å². The van der Waals surface area contributed by atoms with Crippen LogP contribution >= 0.6 is 0 Å². The number of nitrogens with zero attached hydrogens (tertiary/aromatic N) is 1. The van der Waals surface area contributed by atoms with E-state index in [-0.39, 0.29) is 5.91 Å². The Kier molecular flexibility index (Phi) is 3.98. The molecule has 0 unspecified atom stereocenters. The van der Waals surface area contributed by atoms with Crippen molar-refractivity contribution in [3.05, 3.63) is 17.8 Å². The van der Waals surface area contributed by atoms with Gasteiger partial charge < -0.3 is 20.2 Å². The van der Waals surface area contributed by atoms with Crippen LogP contribution in [0.1, 0.15) is 24.5 Å². The van der Waals surface area contributed by atoms with Crippen molar-refractivity contribution in [3.8, 4) is 0 Å². The highest BCUT2D eigenvalue weighted by Crippen LogP contribution is 2.29. The fourth-order valence-corrected chi connectivity index (χ4v) is 2.11. The molecule has 0 saturated carbocycles. The van der Waals surface area contributed by atoms with E-state index in [1.54, 1.807) is 6.20 Å². The molecule has 1 aromatic rings. The number of amides is 1. The Labute approximate surface area is 106 Å². The van der Waals surface area contributed by atoms with Crippen LogP contribution < -0.4 is 11.1 Å². The number of hydrogen-bond acceptors (Lipinski definition) is 5. The minimum atomic E-state index is -0.500. The molecule has 2 heterocycles. The molecule has 0 bridgehead atoms. The Balaban J connectivity index is 1.93. The highest BCUT2D eigenvalue weighted by atomic mass is 16.5. The van der Waals surface area contributed by atoms with Crippen molar-refractivity contribution < 1.29 is 13.9 Å². The van der Waals surface area contributed by atoms with Gasteiger partial charge in [0, 0.05) is 19.8 Å². The molecule has 1 aliphatic heterocycles. The van der Waals surface area contributed by atoms with Crippen LogP contribution in [0.2, 0.25) is 0 Å². The molecule has 1 saturated heterocycles. The number of oxazole rings is 1. The molecule has 6 nitrogen and oxygen atoms in total. The number of aromatic nitrogens is 1. The molecule has 0 aliphatic carbocycles. The van der Waals surface area contributed by atoms with E-state index in [4.69, 9.17) is 14.9 Å². The zero-order valence-electron chi connectivity index (χ0n) is 10.6. The topological polar surface area (TPSA) is 90.4 Å². The van der Waals surface area contributed by atoms with Gasteiger partial charge in [0.2, 0.25) is 11.8 Å². The SMILES string of the molecule is Cc1cnc(CNC(=O)C2(CN)CCOCC2)o1. The molecule has 100 valence electrons. The third-order valence-electron chi connectivity index (χ3n) is 3.39. The highest BCUT2D eigenvalue weighted by Gasteiger charge is 2.38. The summed E-state index contributed by atoms with van der Waals surface area (Å²) < 4.78 is 10.6. The summed E-state index contributed by atoms with van der Waals surface area (Å²) in [5.74, 6) is 1.21. The Morgan fingerprint density at radius 1 is 1.56 bits per heavy atom. The lowest BCUT2D eigenvalue weighted by atomic mass is 9.79. The first-order valence-corrected chi connectivity index (χ1v) is 6.14. The number of rotatable bonds is 4. The lowest BCUT2D eigenvalue weighted by molar-refractivity contribution is -0.136. The maximum atomic E-state index is 12.2. The lowest BCUT2D eigenvalue weighted by Gasteiger charge is -2.34. The first-order chi connectivity index (χ1) is 8.66. The minimum absolute atomic E-state index is 0.0378. The Morgan fingerprint density at radius 3 is 2.83 bits per heavy atom. The van der Waals surface area contributed by atoms with Gasteiger partial charge in [-0.1, -0.05) is 0 Å². The van der Waals surface area contributed by atoms with Crippen LogP contribution in [0.25, 0.3) is 0 Å². The van der Waals surface area contributed by atoms with Gasteiger partial charge in [-0.3, -0.25) is 4.79 Å². The van der Waals surface area contributed by atoms with E-state index in [0.29, 0.717) is 45.0 Å². The van der Waals surface area contributed by atoms with E-state index in [1.165, 1.54) is 0 Å². The third-order valence-corrected chi connectivity index (χ3v) is 3.39. The average molecular weight is 253 g/mol. The lowest BCUT2D eigenvalue weighted by Crippen LogP contribution is -2.49. The van der Waals surface area contributed by atoms with Gasteiger partial charge in [0.15, 0.2) is 0 Å². The molecule has 0 atom stereocenters. The fraction of sp³-hybridized carbons (Fsp3) is 0.667. The van der Waals surface area contributed by atoms with Crippen LogP contribution in [0.5, 0.6) is 0 Å². The Bertz CT molecular complexity index is 410. The molecule has 2 rings (SSSR count). The molecule has 0 radical (unpaired) electrons.